The Bertz CT molecular complexity index is 1110. The van der Waals surface area contributed by atoms with Crippen molar-refractivity contribution in [3.05, 3.63) is 59.7 Å². The van der Waals surface area contributed by atoms with E-state index in [0.29, 0.717) is 26.4 Å². The predicted molar refractivity (Wildman–Crippen MR) is 223 cm³/mol. The molecule has 5 nitrogen and oxygen atoms in total. The van der Waals surface area contributed by atoms with Gasteiger partial charge in [0.25, 0.3) is 0 Å². The largest absolute Gasteiger partial charge is 0.494 e. The van der Waals surface area contributed by atoms with E-state index in [4.69, 9.17) is 23.7 Å². The maximum atomic E-state index is 5.91. The topological polar surface area (TPSA) is 46.2 Å². The van der Waals surface area contributed by atoms with Crippen molar-refractivity contribution in [3.8, 4) is 35.2 Å². The molecule has 0 saturated heterocycles. The van der Waals surface area contributed by atoms with Gasteiger partial charge in [-0.25, -0.2) is 0 Å². The van der Waals surface area contributed by atoms with Gasteiger partial charge >= 0.3 is 0 Å². The summed E-state index contributed by atoms with van der Waals surface area (Å²) in [4.78, 5) is 0. The summed E-state index contributed by atoms with van der Waals surface area (Å²) in [6.45, 7) is 9.92. The fourth-order valence-electron chi connectivity index (χ4n) is 5.89. The van der Waals surface area contributed by atoms with Crippen molar-refractivity contribution in [3.63, 3.8) is 0 Å². The summed E-state index contributed by atoms with van der Waals surface area (Å²) in [5.41, 5.74) is 2.52. The van der Waals surface area contributed by atoms with Gasteiger partial charge in [-0.2, -0.15) is 0 Å². The Balaban J connectivity index is 1.32. The van der Waals surface area contributed by atoms with Crippen LogP contribution in [0.3, 0.4) is 0 Å². The third-order valence-corrected chi connectivity index (χ3v) is 9.23. The molecule has 0 heterocycles. The SMILES string of the molecule is CCCCCCCCCCOc1ccc(CCOCC#CCCCOCCCC#CCOCCc2ccc(OCCCCCCCCCC)cc2)cc1. The first-order valence-corrected chi connectivity index (χ1v) is 21.4. The molecule has 53 heavy (non-hydrogen) atoms. The molecule has 5 heteroatoms. The predicted octanol–water partition coefficient (Wildman–Crippen LogP) is 12.1. The number of hydrogen-bond donors (Lipinski definition) is 0. The lowest BCUT2D eigenvalue weighted by atomic mass is 10.1. The van der Waals surface area contributed by atoms with E-state index in [9.17, 15) is 0 Å². The van der Waals surface area contributed by atoms with Gasteiger partial charge in [-0.15, -0.1) is 11.8 Å². The van der Waals surface area contributed by atoms with Gasteiger partial charge in [0.1, 0.15) is 24.7 Å². The third kappa shape index (κ3) is 29.1. The number of ether oxygens (including phenoxy) is 5. The van der Waals surface area contributed by atoms with Gasteiger partial charge in [0.05, 0.1) is 26.4 Å². The Morgan fingerprint density at radius 1 is 0.358 bits per heavy atom. The van der Waals surface area contributed by atoms with E-state index in [-0.39, 0.29) is 0 Å². The Morgan fingerprint density at radius 3 is 1.13 bits per heavy atom. The summed E-state index contributed by atoms with van der Waals surface area (Å²) >= 11 is 0. The van der Waals surface area contributed by atoms with Crippen molar-refractivity contribution in [2.75, 3.05) is 52.9 Å². The first kappa shape index (κ1) is 46.2. The minimum atomic E-state index is 0.477. The molecule has 0 unspecified atom stereocenters. The van der Waals surface area contributed by atoms with Crippen LogP contribution < -0.4 is 9.47 Å². The van der Waals surface area contributed by atoms with Crippen molar-refractivity contribution < 1.29 is 23.7 Å². The van der Waals surface area contributed by atoms with Crippen molar-refractivity contribution in [2.45, 2.75) is 155 Å². The maximum Gasteiger partial charge on any atom is 0.119 e. The van der Waals surface area contributed by atoms with E-state index in [1.54, 1.807) is 0 Å². The molecule has 2 rings (SSSR count). The summed E-state index contributed by atoms with van der Waals surface area (Å²) in [5.74, 6) is 14.5. The number of hydrogen-bond acceptors (Lipinski definition) is 5. The molecule has 0 bridgehead atoms. The van der Waals surface area contributed by atoms with Crippen LogP contribution in [0, 0.1) is 23.7 Å². The molecule has 2 aromatic rings. The highest BCUT2D eigenvalue weighted by atomic mass is 16.5. The average molecular weight is 731 g/mol. The normalized spacial score (nSPS) is 10.8. The molecule has 0 radical (unpaired) electrons. The van der Waals surface area contributed by atoms with Crippen LogP contribution in [0.4, 0.5) is 0 Å². The molecule has 0 fully saturated rings. The summed E-state index contributed by atoms with van der Waals surface area (Å²) in [5, 5.41) is 0. The monoisotopic (exact) mass is 731 g/mol. The van der Waals surface area contributed by atoms with Crippen LogP contribution in [-0.2, 0) is 27.1 Å². The lowest BCUT2D eigenvalue weighted by Crippen LogP contribution is -2.00. The lowest BCUT2D eigenvalue weighted by molar-refractivity contribution is 0.131. The molecule has 0 aliphatic carbocycles. The number of rotatable bonds is 34. The number of benzene rings is 2. The summed E-state index contributed by atoms with van der Waals surface area (Å²) < 4.78 is 29.0. The van der Waals surface area contributed by atoms with Crippen LogP contribution in [0.25, 0.3) is 0 Å². The Kier molecular flexibility index (Phi) is 31.4. The Labute approximate surface area is 325 Å². The van der Waals surface area contributed by atoms with Crippen molar-refractivity contribution in [1.29, 1.82) is 0 Å². The lowest BCUT2D eigenvalue weighted by Gasteiger charge is -2.07. The average Bonchev–Trinajstić information content (AvgIpc) is 3.18. The summed E-state index contributed by atoms with van der Waals surface area (Å²) in [6, 6.07) is 16.8. The molecule has 0 spiro atoms. The molecule has 0 atom stereocenters. The van der Waals surface area contributed by atoms with Crippen LogP contribution in [0.15, 0.2) is 48.5 Å². The van der Waals surface area contributed by atoms with E-state index in [0.717, 1.165) is 89.3 Å². The zero-order valence-corrected chi connectivity index (χ0v) is 33.9. The second-order valence-corrected chi connectivity index (χ2v) is 14.1. The van der Waals surface area contributed by atoms with E-state index in [1.807, 2.05) is 0 Å². The zero-order chi connectivity index (χ0) is 37.5. The smallest absolute Gasteiger partial charge is 0.119 e. The minimum absolute atomic E-state index is 0.477. The highest BCUT2D eigenvalue weighted by Crippen LogP contribution is 2.16. The van der Waals surface area contributed by atoms with Crippen LogP contribution >= 0.6 is 0 Å². The first-order chi connectivity index (χ1) is 26.3. The molecule has 0 amide bonds. The molecule has 0 aliphatic heterocycles. The third-order valence-electron chi connectivity index (χ3n) is 9.23. The highest BCUT2D eigenvalue weighted by molar-refractivity contribution is 5.28. The van der Waals surface area contributed by atoms with Gasteiger partial charge in [0.15, 0.2) is 0 Å². The first-order valence-electron chi connectivity index (χ1n) is 21.4. The molecule has 296 valence electrons. The van der Waals surface area contributed by atoms with E-state index in [1.165, 1.54) is 101 Å². The van der Waals surface area contributed by atoms with Gasteiger partial charge < -0.3 is 23.7 Å². The number of unbranched alkanes of at least 4 members (excludes halogenated alkanes) is 16. The molecule has 0 N–H and O–H groups in total. The van der Waals surface area contributed by atoms with Crippen molar-refractivity contribution in [1.82, 2.24) is 0 Å². The van der Waals surface area contributed by atoms with Gasteiger partial charge in [0, 0.05) is 26.1 Å². The minimum Gasteiger partial charge on any atom is -0.494 e. The maximum absolute atomic E-state index is 5.91. The standard InChI is InChI=1S/C48H74O5/c1-3-5-7-9-11-13-15-25-41-52-47-31-27-45(28-32-47)35-43-50-39-23-19-17-21-37-49-38-22-18-20-24-40-51-44-36-46-29-33-48(34-30-46)53-42-26-16-14-12-10-8-6-4-2/h27-34H,3-18,21-22,25-26,35-44H2,1-2H3. The Morgan fingerprint density at radius 2 is 0.736 bits per heavy atom. The van der Waals surface area contributed by atoms with Crippen LogP contribution in [0.2, 0.25) is 0 Å². The summed E-state index contributed by atoms with van der Waals surface area (Å²) in [7, 11) is 0. The highest BCUT2D eigenvalue weighted by Gasteiger charge is 1.99. The fourth-order valence-corrected chi connectivity index (χ4v) is 5.89. The van der Waals surface area contributed by atoms with E-state index < -0.39 is 0 Å². The molecule has 0 aromatic heterocycles. The zero-order valence-electron chi connectivity index (χ0n) is 33.9. The second-order valence-electron chi connectivity index (χ2n) is 14.1. The van der Waals surface area contributed by atoms with Crippen LogP contribution in [0.5, 0.6) is 11.5 Å². The van der Waals surface area contributed by atoms with E-state index >= 15 is 0 Å². The molecule has 2 aromatic carbocycles. The molecular formula is C48H74O5. The van der Waals surface area contributed by atoms with Gasteiger partial charge in [-0.05, 0) is 73.9 Å². The molecule has 0 saturated carbocycles. The van der Waals surface area contributed by atoms with Crippen molar-refractivity contribution >= 4 is 0 Å². The summed E-state index contributed by atoms with van der Waals surface area (Å²) in [6.07, 6.45) is 26.4. The second kappa shape index (κ2) is 36.0. The Hall–Kier alpha value is -2.96. The van der Waals surface area contributed by atoms with Crippen LogP contribution in [0.1, 0.15) is 153 Å². The quantitative estimate of drug-likeness (QED) is 0.0530. The fraction of sp³-hybridized carbons (Fsp3) is 0.667. The van der Waals surface area contributed by atoms with Crippen LogP contribution in [-0.4, -0.2) is 52.9 Å². The van der Waals surface area contributed by atoms with E-state index in [2.05, 4.69) is 86.1 Å². The molecular weight excluding hydrogens is 657 g/mol. The van der Waals surface area contributed by atoms with Gasteiger partial charge in [0.2, 0.25) is 0 Å². The molecule has 0 aliphatic rings. The van der Waals surface area contributed by atoms with Gasteiger partial charge in [-0.1, -0.05) is 140 Å². The van der Waals surface area contributed by atoms with Crippen molar-refractivity contribution in [2.24, 2.45) is 0 Å². The van der Waals surface area contributed by atoms with Gasteiger partial charge in [-0.3, -0.25) is 0 Å².